The van der Waals surface area contributed by atoms with E-state index in [2.05, 4.69) is 19.9 Å². The second kappa shape index (κ2) is 7.20. The number of benzene rings is 1. The monoisotopic (exact) mass is 425 g/mol. The Labute approximate surface area is 164 Å². The molecule has 0 aliphatic carbocycles. The molecule has 26 heavy (non-hydrogen) atoms. The van der Waals surface area contributed by atoms with Gasteiger partial charge >= 0.3 is 0 Å². The topological polar surface area (TPSA) is 93.8 Å². The lowest BCUT2D eigenvalue weighted by atomic mass is 10.3. The van der Waals surface area contributed by atoms with Crippen LogP contribution in [-0.2, 0) is 17.6 Å². The second-order valence-corrected chi connectivity index (χ2v) is 9.47. The van der Waals surface area contributed by atoms with Crippen molar-refractivity contribution in [3.8, 4) is 0 Å². The molecule has 1 aromatic carbocycles. The lowest BCUT2D eigenvalue weighted by Crippen LogP contribution is -2.18. The summed E-state index contributed by atoms with van der Waals surface area (Å²) in [5.41, 5.74) is 2.08. The summed E-state index contributed by atoms with van der Waals surface area (Å²) in [6, 6.07) is 5.61. The minimum atomic E-state index is -1.94. The van der Waals surface area contributed by atoms with Crippen molar-refractivity contribution in [2.45, 2.75) is 28.2 Å². The number of aromatic nitrogens is 5. The van der Waals surface area contributed by atoms with Gasteiger partial charge in [-0.3, -0.25) is 0 Å². The number of fused-ring (bicyclic) bond motifs is 2. The van der Waals surface area contributed by atoms with Gasteiger partial charge in [-0.1, -0.05) is 17.7 Å². The summed E-state index contributed by atoms with van der Waals surface area (Å²) in [5.74, 6) is 0. The number of imidazole rings is 1. The van der Waals surface area contributed by atoms with E-state index in [1.165, 1.54) is 29.4 Å². The van der Waals surface area contributed by atoms with Gasteiger partial charge < -0.3 is 9.12 Å². The first-order chi connectivity index (χ1) is 12.5. The van der Waals surface area contributed by atoms with Crippen molar-refractivity contribution in [3.05, 3.63) is 35.7 Å². The van der Waals surface area contributed by atoms with Crippen LogP contribution >= 0.6 is 34.7 Å². The van der Waals surface area contributed by atoms with Crippen LogP contribution in [0.4, 0.5) is 0 Å². The van der Waals surface area contributed by atoms with Gasteiger partial charge in [0.25, 0.3) is 0 Å². The van der Waals surface area contributed by atoms with Gasteiger partial charge in [0, 0.05) is 6.54 Å². The van der Waals surface area contributed by atoms with E-state index in [0.29, 0.717) is 27.9 Å². The van der Waals surface area contributed by atoms with Gasteiger partial charge in [-0.05, 0) is 30.8 Å². The van der Waals surface area contributed by atoms with E-state index in [0.717, 1.165) is 14.6 Å². The zero-order chi connectivity index (χ0) is 18.3. The third-order valence-electron chi connectivity index (χ3n) is 3.69. The van der Waals surface area contributed by atoms with E-state index in [1.54, 1.807) is 13.1 Å². The first-order valence-corrected chi connectivity index (χ1v) is 10.7. The first-order valence-electron chi connectivity index (χ1n) is 7.51. The van der Waals surface area contributed by atoms with Crippen molar-refractivity contribution in [2.24, 2.45) is 0 Å². The molecule has 0 spiro atoms. The molecule has 11 heteroatoms. The van der Waals surface area contributed by atoms with Crippen LogP contribution in [0.15, 0.2) is 40.2 Å². The molecule has 0 amide bonds. The Bertz CT molecular complexity index is 1130. The van der Waals surface area contributed by atoms with Crippen LogP contribution in [0.2, 0.25) is 5.02 Å². The van der Waals surface area contributed by atoms with Crippen LogP contribution < -0.4 is 0 Å². The van der Waals surface area contributed by atoms with Crippen molar-refractivity contribution in [1.82, 2.24) is 24.5 Å². The second-order valence-electron chi connectivity index (χ2n) is 5.49. The summed E-state index contributed by atoms with van der Waals surface area (Å²) < 4.78 is 24.3. The molecule has 0 radical (unpaired) electrons. The Morgan fingerprint density at radius 2 is 2.23 bits per heavy atom. The summed E-state index contributed by atoms with van der Waals surface area (Å²) in [6.45, 7) is 2.01. The maximum absolute atomic E-state index is 11.4. The maximum atomic E-state index is 11.4. The highest BCUT2D eigenvalue weighted by Gasteiger charge is 2.19. The molecule has 2 atom stereocenters. The lowest BCUT2D eigenvalue weighted by molar-refractivity contribution is 0.531. The summed E-state index contributed by atoms with van der Waals surface area (Å²) in [7, 11) is 0. The molecule has 3 aromatic heterocycles. The van der Waals surface area contributed by atoms with Crippen LogP contribution in [-0.4, -0.2) is 38.5 Å². The van der Waals surface area contributed by atoms with Gasteiger partial charge in [0.05, 0.1) is 26.7 Å². The third kappa shape index (κ3) is 3.35. The van der Waals surface area contributed by atoms with Crippen molar-refractivity contribution >= 4 is 67.2 Å². The number of thiazole rings is 1. The molecule has 134 valence electrons. The van der Waals surface area contributed by atoms with Gasteiger partial charge in [-0.25, -0.2) is 24.1 Å². The molecule has 0 aliphatic rings. The van der Waals surface area contributed by atoms with Gasteiger partial charge in [0.1, 0.15) is 11.8 Å². The van der Waals surface area contributed by atoms with E-state index in [1.807, 2.05) is 22.8 Å². The lowest BCUT2D eigenvalue weighted by Gasteiger charge is -2.10. The molecule has 0 saturated heterocycles. The largest absolute Gasteiger partial charge is 0.306 e. The van der Waals surface area contributed by atoms with Crippen LogP contribution in [0.3, 0.4) is 0 Å². The molecular formula is C15H12ClN5O2S3. The number of hydrogen-bond acceptors (Lipinski definition) is 7. The summed E-state index contributed by atoms with van der Waals surface area (Å²) in [5, 5.41) is 0.843. The fourth-order valence-corrected chi connectivity index (χ4v) is 5.06. The SMILES string of the molecule is CC(Cn1c(Sc2nc3cccc(Cl)c3s2)nc2cncnc21)S(=O)O. The fourth-order valence-electron chi connectivity index (χ4n) is 2.44. The summed E-state index contributed by atoms with van der Waals surface area (Å²) in [4.78, 5) is 17.4. The van der Waals surface area contributed by atoms with Gasteiger partial charge in [-0.2, -0.15) is 0 Å². The van der Waals surface area contributed by atoms with E-state index < -0.39 is 16.3 Å². The number of nitrogens with zero attached hydrogens (tertiary/aromatic N) is 5. The minimum Gasteiger partial charge on any atom is -0.306 e. The molecule has 7 nitrogen and oxygen atoms in total. The Kier molecular flexibility index (Phi) is 4.93. The molecule has 0 aliphatic heterocycles. The molecular weight excluding hydrogens is 414 g/mol. The zero-order valence-corrected chi connectivity index (χ0v) is 16.6. The standard InChI is InChI=1S/C15H12ClN5O2S3/c1-8(26(22)23)6-21-13-11(5-17-7-18-13)19-14(21)25-15-20-10-4-2-3-9(16)12(10)24-15/h2-5,7-8H,6H2,1H3,(H,22,23). The molecule has 4 rings (SSSR count). The molecule has 3 heterocycles. The highest BCUT2D eigenvalue weighted by molar-refractivity contribution is 8.01. The summed E-state index contributed by atoms with van der Waals surface area (Å²) in [6.07, 6.45) is 3.06. The van der Waals surface area contributed by atoms with E-state index in [9.17, 15) is 8.76 Å². The average molecular weight is 426 g/mol. The Morgan fingerprint density at radius 1 is 1.38 bits per heavy atom. The molecule has 2 unspecified atom stereocenters. The summed E-state index contributed by atoms with van der Waals surface area (Å²) >= 11 is 7.16. The molecule has 0 bridgehead atoms. The highest BCUT2D eigenvalue weighted by Crippen LogP contribution is 2.37. The molecule has 0 saturated carbocycles. The number of hydrogen-bond donors (Lipinski definition) is 1. The van der Waals surface area contributed by atoms with Gasteiger partial charge in [0.15, 0.2) is 26.2 Å². The van der Waals surface area contributed by atoms with Crippen molar-refractivity contribution in [3.63, 3.8) is 0 Å². The van der Waals surface area contributed by atoms with Crippen LogP contribution in [0.25, 0.3) is 21.4 Å². The van der Waals surface area contributed by atoms with Crippen molar-refractivity contribution in [2.75, 3.05) is 0 Å². The molecule has 0 fully saturated rings. The van der Waals surface area contributed by atoms with Crippen molar-refractivity contribution < 1.29 is 8.76 Å². The molecule has 1 N–H and O–H groups in total. The number of halogens is 1. The Hall–Kier alpha value is -1.59. The minimum absolute atomic E-state index is 0.310. The van der Waals surface area contributed by atoms with Gasteiger partial charge in [-0.15, -0.1) is 11.3 Å². The quantitative estimate of drug-likeness (QED) is 0.485. The predicted molar refractivity (Wildman–Crippen MR) is 104 cm³/mol. The van der Waals surface area contributed by atoms with E-state index in [-0.39, 0.29) is 0 Å². The van der Waals surface area contributed by atoms with Crippen LogP contribution in [0.1, 0.15) is 6.92 Å². The normalized spacial score (nSPS) is 14.1. The van der Waals surface area contributed by atoms with E-state index in [4.69, 9.17) is 11.6 Å². The first kappa shape index (κ1) is 17.8. The smallest absolute Gasteiger partial charge is 0.177 e. The van der Waals surface area contributed by atoms with Crippen LogP contribution in [0, 0.1) is 0 Å². The fraction of sp³-hybridized carbons (Fsp3) is 0.200. The average Bonchev–Trinajstić information content (AvgIpc) is 3.17. The molecule has 4 aromatic rings. The van der Waals surface area contributed by atoms with Crippen LogP contribution in [0.5, 0.6) is 0 Å². The Morgan fingerprint density at radius 3 is 3.00 bits per heavy atom. The van der Waals surface area contributed by atoms with E-state index >= 15 is 0 Å². The van der Waals surface area contributed by atoms with Gasteiger partial charge in [0.2, 0.25) is 0 Å². The number of rotatable bonds is 5. The zero-order valence-electron chi connectivity index (χ0n) is 13.4. The highest BCUT2D eigenvalue weighted by atomic mass is 35.5. The predicted octanol–water partition coefficient (Wildman–Crippen LogP) is 3.85. The maximum Gasteiger partial charge on any atom is 0.177 e. The Balaban J connectivity index is 1.77. The third-order valence-corrected chi connectivity index (χ3v) is 7.11. The van der Waals surface area contributed by atoms with Crippen molar-refractivity contribution in [1.29, 1.82) is 0 Å².